The van der Waals surface area contributed by atoms with Crippen LogP contribution in [0.3, 0.4) is 0 Å². The number of hydrogen-bond acceptors (Lipinski definition) is 4. The van der Waals surface area contributed by atoms with Crippen molar-refractivity contribution in [2.45, 2.75) is 13.3 Å². The van der Waals surface area contributed by atoms with Crippen LogP contribution >= 0.6 is 0 Å². The van der Waals surface area contributed by atoms with Gasteiger partial charge in [-0.15, -0.1) is 0 Å². The van der Waals surface area contributed by atoms with Crippen LogP contribution in [0.1, 0.15) is 13.3 Å². The van der Waals surface area contributed by atoms with Crippen LogP contribution < -0.4 is 5.73 Å². The van der Waals surface area contributed by atoms with Crippen LogP contribution in [-0.2, 0) is 0 Å². The fraction of sp³-hybridized carbons (Fsp3) is 0.444. The highest BCUT2D eigenvalue weighted by molar-refractivity contribution is 5.49. The molecule has 0 heterocycles. The van der Waals surface area contributed by atoms with Crippen molar-refractivity contribution in [3.63, 3.8) is 0 Å². The summed E-state index contributed by atoms with van der Waals surface area (Å²) in [4.78, 5) is 0. The lowest BCUT2D eigenvalue weighted by Crippen LogP contribution is -2.22. The van der Waals surface area contributed by atoms with Gasteiger partial charge in [0.05, 0.1) is 23.8 Å². The van der Waals surface area contributed by atoms with Gasteiger partial charge in [0.15, 0.2) is 5.41 Å². The quantitative estimate of drug-likeness (QED) is 0.584. The van der Waals surface area contributed by atoms with Crippen LogP contribution in [0, 0.1) is 45.3 Å². The van der Waals surface area contributed by atoms with Crippen molar-refractivity contribution in [1.29, 1.82) is 15.8 Å². The Bertz CT molecular complexity index is 371. The third-order valence-corrected chi connectivity index (χ3v) is 2.45. The predicted octanol–water partition coefficient (Wildman–Crippen LogP) is 0.796. The Morgan fingerprint density at radius 3 is 2.23 bits per heavy atom. The van der Waals surface area contributed by atoms with Crippen molar-refractivity contribution >= 4 is 0 Å². The summed E-state index contributed by atoms with van der Waals surface area (Å²) in [5.74, 6) is -0.197. The minimum absolute atomic E-state index is 0.130. The standard InChI is InChI=1S/C9H8N4/c1-6-2-8(13)7(3-10)9(6,4-11)5-12/h6H,2,13H2,1H3/t6-/m1/s1. The van der Waals surface area contributed by atoms with E-state index >= 15 is 0 Å². The normalized spacial score (nSPS) is 24.6. The lowest BCUT2D eigenvalue weighted by atomic mass is 9.77. The second kappa shape index (κ2) is 2.81. The highest BCUT2D eigenvalue weighted by Crippen LogP contribution is 2.44. The van der Waals surface area contributed by atoms with E-state index in [0.29, 0.717) is 12.1 Å². The molecular formula is C9H8N4. The number of nitrogens with two attached hydrogens (primary N) is 1. The molecule has 0 saturated heterocycles. The topological polar surface area (TPSA) is 97.4 Å². The van der Waals surface area contributed by atoms with Crippen LogP contribution in [0.2, 0.25) is 0 Å². The number of nitriles is 3. The average Bonchev–Trinajstić information content (AvgIpc) is 2.36. The molecule has 1 atom stereocenters. The monoisotopic (exact) mass is 172 g/mol. The van der Waals surface area contributed by atoms with Gasteiger partial charge < -0.3 is 5.73 Å². The molecule has 0 fully saturated rings. The fourth-order valence-corrected chi connectivity index (χ4v) is 1.60. The van der Waals surface area contributed by atoms with Crippen LogP contribution in [-0.4, -0.2) is 0 Å². The zero-order valence-electron chi connectivity index (χ0n) is 7.20. The van der Waals surface area contributed by atoms with Crippen molar-refractivity contribution in [1.82, 2.24) is 0 Å². The van der Waals surface area contributed by atoms with Gasteiger partial charge in [-0.25, -0.2) is 0 Å². The molecule has 0 aromatic rings. The van der Waals surface area contributed by atoms with Crippen LogP contribution in [0.5, 0.6) is 0 Å². The molecule has 1 aliphatic carbocycles. The summed E-state index contributed by atoms with van der Waals surface area (Å²) in [7, 11) is 0. The molecule has 0 amide bonds. The summed E-state index contributed by atoms with van der Waals surface area (Å²) < 4.78 is 0. The Morgan fingerprint density at radius 1 is 1.38 bits per heavy atom. The summed E-state index contributed by atoms with van der Waals surface area (Å²) in [6, 6.07) is 5.62. The molecular weight excluding hydrogens is 164 g/mol. The van der Waals surface area contributed by atoms with E-state index < -0.39 is 5.41 Å². The molecule has 0 unspecified atom stereocenters. The molecule has 0 aromatic carbocycles. The molecule has 1 aliphatic rings. The molecule has 2 N–H and O–H groups in total. The molecule has 0 bridgehead atoms. The van der Waals surface area contributed by atoms with E-state index in [4.69, 9.17) is 21.5 Å². The number of nitrogens with zero attached hydrogens (tertiary/aromatic N) is 3. The van der Waals surface area contributed by atoms with Crippen LogP contribution in [0.15, 0.2) is 11.3 Å². The highest BCUT2D eigenvalue weighted by Gasteiger charge is 2.47. The van der Waals surface area contributed by atoms with E-state index in [1.165, 1.54) is 0 Å². The molecule has 0 aliphatic heterocycles. The molecule has 0 radical (unpaired) electrons. The minimum atomic E-state index is -1.32. The van der Waals surface area contributed by atoms with Gasteiger partial charge >= 0.3 is 0 Å². The SMILES string of the molecule is C[C@@H]1CC(N)=C(C#N)C1(C#N)C#N. The molecule has 64 valence electrons. The van der Waals surface area contributed by atoms with Gasteiger partial charge in [0.2, 0.25) is 0 Å². The van der Waals surface area contributed by atoms with E-state index in [9.17, 15) is 0 Å². The highest BCUT2D eigenvalue weighted by atomic mass is 14.7. The smallest absolute Gasteiger partial charge is 0.182 e. The molecule has 13 heavy (non-hydrogen) atoms. The second-order valence-corrected chi connectivity index (χ2v) is 3.15. The van der Waals surface area contributed by atoms with Crippen LogP contribution in [0.4, 0.5) is 0 Å². The van der Waals surface area contributed by atoms with E-state index in [2.05, 4.69) is 0 Å². The van der Waals surface area contributed by atoms with Crippen molar-refractivity contribution in [3.8, 4) is 18.2 Å². The molecule has 4 heteroatoms. The predicted molar refractivity (Wildman–Crippen MR) is 44.3 cm³/mol. The first-order chi connectivity index (χ1) is 6.12. The maximum absolute atomic E-state index is 8.89. The van der Waals surface area contributed by atoms with Crippen LogP contribution in [0.25, 0.3) is 0 Å². The molecule has 0 aromatic heterocycles. The van der Waals surface area contributed by atoms with Crippen molar-refractivity contribution < 1.29 is 0 Å². The van der Waals surface area contributed by atoms with Gasteiger partial charge in [0.1, 0.15) is 0 Å². The summed E-state index contributed by atoms with van der Waals surface area (Å²) in [5.41, 5.74) is 4.74. The molecule has 1 rings (SSSR count). The summed E-state index contributed by atoms with van der Waals surface area (Å²) in [5, 5.41) is 26.5. The van der Waals surface area contributed by atoms with E-state index in [1.54, 1.807) is 6.92 Å². The first-order valence-corrected chi connectivity index (χ1v) is 3.84. The average molecular weight is 172 g/mol. The maximum atomic E-state index is 8.89. The van der Waals surface area contributed by atoms with Gasteiger partial charge in [0, 0.05) is 5.70 Å². The molecule has 0 spiro atoms. The summed E-state index contributed by atoms with van der Waals surface area (Å²) in [6.07, 6.45) is 0.448. The van der Waals surface area contributed by atoms with Gasteiger partial charge in [-0.05, 0) is 12.3 Å². The molecule has 0 saturated carbocycles. The van der Waals surface area contributed by atoms with Gasteiger partial charge in [0.25, 0.3) is 0 Å². The third-order valence-electron chi connectivity index (χ3n) is 2.45. The van der Waals surface area contributed by atoms with Crippen molar-refractivity contribution in [2.24, 2.45) is 17.1 Å². The van der Waals surface area contributed by atoms with Crippen molar-refractivity contribution in [3.05, 3.63) is 11.3 Å². The maximum Gasteiger partial charge on any atom is 0.182 e. The van der Waals surface area contributed by atoms with Crippen molar-refractivity contribution in [2.75, 3.05) is 0 Å². The first-order valence-electron chi connectivity index (χ1n) is 3.84. The zero-order valence-corrected chi connectivity index (χ0v) is 7.20. The number of hydrogen-bond donors (Lipinski definition) is 1. The van der Waals surface area contributed by atoms with Gasteiger partial charge in [-0.2, -0.15) is 15.8 Å². The third kappa shape index (κ3) is 0.949. The number of allylic oxidation sites excluding steroid dienone is 2. The Balaban J connectivity index is 3.35. The fourth-order valence-electron chi connectivity index (χ4n) is 1.60. The van der Waals surface area contributed by atoms with Gasteiger partial charge in [-0.3, -0.25) is 0 Å². The van der Waals surface area contributed by atoms with E-state index in [0.717, 1.165) is 0 Å². The lowest BCUT2D eigenvalue weighted by molar-refractivity contribution is 0.440. The second-order valence-electron chi connectivity index (χ2n) is 3.15. The Morgan fingerprint density at radius 2 is 1.92 bits per heavy atom. The minimum Gasteiger partial charge on any atom is -0.401 e. The number of rotatable bonds is 0. The Labute approximate surface area is 76.5 Å². The van der Waals surface area contributed by atoms with Gasteiger partial charge in [-0.1, -0.05) is 6.92 Å². The van der Waals surface area contributed by atoms with E-state index in [1.807, 2.05) is 18.2 Å². The Hall–Kier alpha value is -1.99. The summed E-state index contributed by atoms with van der Waals surface area (Å²) in [6.45, 7) is 1.75. The van der Waals surface area contributed by atoms with E-state index in [-0.39, 0.29) is 11.5 Å². The summed E-state index contributed by atoms with van der Waals surface area (Å²) >= 11 is 0. The Kier molecular flexibility index (Phi) is 1.97. The molecule has 4 nitrogen and oxygen atoms in total. The zero-order chi connectivity index (χ0) is 10.1. The largest absolute Gasteiger partial charge is 0.401 e. The first kappa shape index (κ1) is 9.10. The lowest BCUT2D eigenvalue weighted by Gasteiger charge is -2.16.